The molecule has 1 saturated heterocycles. The van der Waals surface area contributed by atoms with Gasteiger partial charge in [0.1, 0.15) is 0 Å². The maximum atomic E-state index is 8.54. The maximum absolute atomic E-state index is 8.54. The van der Waals surface area contributed by atoms with Gasteiger partial charge >= 0.3 is 0 Å². The van der Waals surface area contributed by atoms with Gasteiger partial charge in [-0.05, 0) is 25.3 Å². The van der Waals surface area contributed by atoms with Crippen molar-refractivity contribution in [2.75, 3.05) is 26.3 Å². The van der Waals surface area contributed by atoms with Gasteiger partial charge in [0, 0.05) is 19.8 Å². The molecule has 0 radical (unpaired) electrons. The smallest absolute Gasteiger partial charge is 0.0725 e. The third-order valence-corrected chi connectivity index (χ3v) is 2.40. The highest BCUT2D eigenvalue weighted by molar-refractivity contribution is 4.74. The summed E-state index contributed by atoms with van der Waals surface area (Å²) in [6.45, 7) is 5.23. The molecule has 2 unspecified atom stereocenters. The summed E-state index contributed by atoms with van der Waals surface area (Å²) in [6, 6.07) is 0. The molecule has 3 heteroatoms. The number of ether oxygens (including phenoxy) is 1. The summed E-state index contributed by atoms with van der Waals surface area (Å²) in [5.74, 6) is 0.687. The lowest BCUT2D eigenvalue weighted by Crippen LogP contribution is -2.30. The van der Waals surface area contributed by atoms with E-state index in [9.17, 15) is 0 Å². The van der Waals surface area contributed by atoms with E-state index >= 15 is 0 Å². The van der Waals surface area contributed by atoms with Crippen molar-refractivity contribution in [2.45, 2.75) is 25.9 Å². The van der Waals surface area contributed by atoms with Crippen molar-refractivity contribution in [3.63, 3.8) is 0 Å². The molecule has 12 heavy (non-hydrogen) atoms. The first kappa shape index (κ1) is 9.96. The van der Waals surface area contributed by atoms with Gasteiger partial charge in [0.05, 0.1) is 6.10 Å². The minimum Gasteiger partial charge on any atom is -0.396 e. The predicted molar refractivity (Wildman–Crippen MR) is 48.1 cm³/mol. The number of aliphatic hydroxyl groups excluding tert-OH is 1. The molecule has 1 aliphatic rings. The Kier molecular flexibility index (Phi) is 4.58. The summed E-state index contributed by atoms with van der Waals surface area (Å²) in [7, 11) is 0. The van der Waals surface area contributed by atoms with E-state index in [1.807, 2.05) is 0 Å². The zero-order valence-electron chi connectivity index (χ0n) is 7.75. The monoisotopic (exact) mass is 173 g/mol. The van der Waals surface area contributed by atoms with Gasteiger partial charge in [0.2, 0.25) is 0 Å². The molecule has 2 N–H and O–H groups in total. The van der Waals surface area contributed by atoms with E-state index in [1.165, 1.54) is 6.42 Å². The zero-order chi connectivity index (χ0) is 8.81. The van der Waals surface area contributed by atoms with Crippen LogP contribution in [0.2, 0.25) is 0 Å². The lowest BCUT2D eigenvalue weighted by Gasteiger charge is -2.14. The molecule has 1 heterocycles. The van der Waals surface area contributed by atoms with Crippen LogP contribution >= 0.6 is 0 Å². The summed E-state index contributed by atoms with van der Waals surface area (Å²) in [4.78, 5) is 0. The van der Waals surface area contributed by atoms with E-state index < -0.39 is 0 Å². The fourth-order valence-electron chi connectivity index (χ4n) is 1.46. The Balaban J connectivity index is 1.98. The van der Waals surface area contributed by atoms with Crippen LogP contribution < -0.4 is 5.32 Å². The second-order valence-corrected chi connectivity index (χ2v) is 3.46. The molecule has 1 rings (SSSR count). The lowest BCUT2D eigenvalue weighted by atomic mass is 10.0. The van der Waals surface area contributed by atoms with Crippen molar-refractivity contribution in [2.24, 2.45) is 5.92 Å². The molecular weight excluding hydrogens is 154 g/mol. The minimum absolute atomic E-state index is 0.272. The highest BCUT2D eigenvalue weighted by atomic mass is 16.5. The molecule has 1 aliphatic heterocycles. The van der Waals surface area contributed by atoms with Crippen molar-refractivity contribution >= 4 is 0 Å². The second kappa shape index (κ2) is 5.51. The van der Waals surface area contributed by atoms with E-state index in [2.05, 4.69) is 12.2 Å². The Bertz CT molecular complexity index is 119. The average Bonchev–Trinajstić information content (AvgIpc) is 2.46. The number of aliphatic hydroxyl groups is 1. The Morgan fingerprint density at radius 2 is 2.42 bits per heavy atom. The Morgan fingerprint density at radius 1 is 1.58 bits per heavy atom. The Hall–Kier alpha value is -0.120. The predicted octanol–water partition coefficient (Wildman–Crippen LogP) is 0.383. The third kappa shape index (κ3) is 3.09. The minimum atomic E-state index is 0.272. The highest BCUT2D eigenvalue weighted by Gasteiger charge is 2.23. The van der Waals surface area contributed by atoms with Crippen molar-refractivity contribution in [1.29, 1.82) is 0 Å². The highest BCUT2D eigenvalue weighted by Crippen LogP contribution is 2.18. The van der Waals surface area contributed by atoms with Gasteiger partial charge in [0.15, 0.2) is 0 Å². The van der Waals surface area contributed by atoms with Crippen LogP contribution in [0.25, 0.3) is 0 Å². The Morgan fingerprint density at radius 3 is 3.00 bits per heavy atom. The van der Waals surface area contributed by atoms with E-state index in [4.69, 9.17) is 9.84 Å². The van der Waals surface area contributed by atoms with E-state index in [1.54, 1.807) is 0 Å². The summed E-state index contributed by atoms with van der Waals surface area (Å²) in [5, 5.41) is 11.8. The molecule has 0 aromatic rings. The van der Waals surface area contributed by atoms with E-state index in [0.717, 1.165) is 26.1 Å². The third-order valence-electron chi connectivity index (χ3n) is 2.40. The average molecular weight is 173 g/mol. The number of rotatable bonds is 5. The number of nitrogens with one attached hydrogen (secondary N) is 1. The van der Waals surface area contributed by atoms with Crippen molar-refractivity contribution < 1.29 is 9.84 Å². The fourth-order valence-corrected chi connectivity index (χ4v) is 1.46. The number of hydrogen-bond donors (Lipinski definition) is 2. The van der Waals surface area contributed by atoms with Crippen LogP contribution in [0.3, 0.4) is 0 Å². The second-order valence-electron chi connectivity index (χ2n) is 3.46. The van der Waals surface area contributed by atoms with Gasteiger partial charge in [0.25, 0.3) is 0 Å². The van der Waals surface area contributed by atoms with Crippen LogP contribution in [0.1, 0.15) is 19.8 Å². The summed E-state index contributed by atoms with van der Waals surface area (Å²) in [6.07, 6.45) is 2.41. The van der Waals surface area contributed by atoms with Gasteiger partial charge in [-0.2, -0.15) is 0 Å². The van der Waals surface area contributed by atoms with Crippen molar-refractivity contribution in [3.05, 3.63) is 0 Å². The van der Waals surface area contributed by atoms with E-state index in [-0.39, 0.29) is 6.61 Å². The molecule has 0 aromatic heterocycles. The van der Waals surface area contributed by atoms with Crippen LogP contribution in [0.15, 0.2) is 0 Å². The van der Waals surface area contributed by atoms with Crippen LogP contribution in [-0.2, 0) is 4.74 Å². The quantitative estimate of drug-likeness (QED) is 0.591. The molecule has 0 saturated carbocycles. The first-order chi connectivity index (χ1) is 5.84. The maximum Gasteiger partial charge on any atom is 0.0725 e. The molecule has 72 valence electrons. The van der Waals surface area contributed by atoms with Crippen LogP contribution in [0.4, 0.5) is 0 Å². The Labute approximate surface area is 74.1 Å². The molecule has 0 spiro atoms. The topological polar surface area (TPSA) is 41.5 Å². The molecule has 2 atom stereocenters. The van der Waals surface area contributed by atoms with Gasteiger partial charge < -0.3 is 15.2 Å². The molecule has 0 bridgehead atoms. The molecular formula is C9H19NO2. The largest absolute Gasteiger partial charge is 0.396 e. The van der Waals surface area contributed by atoms with Crippen LogP contribution in [0, 0.1) is 5.92 Å². The molecule has 0 aromatic carbocycles. The number of hydrogen-bond acceptors (Lipinski definition) is 3. The summed E-state index contributed by atoms with van der Waals surface area (Å²) >= 11 is 0. The van der Waals surface area contributed by atoms with E-state index in [0.29, 0.717) is 12.0 Å². The fraction of sp³-hybridized carbons (Fsp3) is 1.00. The molecule has 1 fully saturated rings. The van der Waals surface area contributed by atoms with Gasteiger partial charge in [-0.3, -0.25) is 0 Å². The van der Waals surface area contributed by atoms with Crippen LogP contribution in [-0.4, -0.2) is 37.5 Å². The van der Waals surface area contributed by atoms with Gasteiger partial charge in [-0.25, -0.2) is 0 Å². The SMILES string of the molecule is CC1CCOC1CNCCCO. The zero-order valence-corrected chi connectivity index (χ0v) is 7.75. The molecule has 0 aliphatic carbocycles. The van der Waals surface area contributed by atoms with Gasteiger partial charge in [-0.1, -0.05) is 6.92 Å². The van der Waals surface area contributed by atoms with Crippen molar-refractivity contribution in [3.8, 4) is 0 Å². The van der Waals surface area contributed by atoms with Crippen molar-refractivity contribution in [1.82, 2.24) is 5.32 Å². The molecule has 0 amide bonds. The van der Waals surface area contributed by atoms with Gasteiger partial charge in [-0.15, -0.1) is 0 Å². The summed E-state index contributed by atoms with van der Waals surface area (Å²) in [5.41, 5.74) is 0. The van der Waals surface area contributed by atoms with Crippen LogP contribution in [0.5, 0.6) is 0 Å². The summed E-state index contributed by atoms with van der Waals surface area (Å²) < 4.78 is 5.52. The first-order valence-electron chi connectivity index (χ1n) is 4.77. The first-order valence-corrected chi connectivity index (χ1v) is 4.77. The molecule has 3 nitrogen and oxygen atoms in total. The lowest BCUT2D eigenvalue weighted by molar-refractivity contribution is 0.0931. The standard InChI is InChI=1S/C9H19NO2/c1-8-3-6-12-9(8)7-10-4-2-5-11/h8-11H,2-7H2,1H3. The normalized spacial score (nSPS) is 29.5.